The van der Waals surface area contributed by atoms with Gasteiger partial charge in [-0.25, -0.2) is 0 Å². The highest BCUT2D eigenvalue weighted by Gasteiger charge is 2.36. The molecule has 0 saturated carbocycles. The molecule has 108 valence electrons. The van der Waals surface area contributed by atoms with E-state index in [9.17, 15) is 9.59 Å². The number of carboxylic acids is 1. The highest BCUT2D eigenvalue weighted by molar-refractivity contribution is 6.30. The minimum absolute atomic E-state index is 0.0702. The number of carbonyl (C=O) groups is 2. The molecule has 1 aromatic carbocycles. The lowest BCUT2D eigenvalue weighted by Crippen LogP contribution is -2.37. The van der Waals surface area contributed by atoms with E-state index in [1.165, 1.54) is 0 Å². The summed E-state index contributed by atoms with van der Waals surface area (Å²) in [5.41, 5.74) is 0.501. The van der Waals surface area contributed by atoms with Crippen molar-refractivity contribution in [3.8, 4) is 0 Å². The van der Waals surface area contributed by atoms with Crippen molar-refractivity contribution >= 4 is 23.5 Å². The van der Waals surface area contributed by atoms with E-state index in [1.54, 1.807) is 36.3 Å². The topological polar surface area (TPSA) is 66.8 Å². The number of methoxy groups -OCH3 is 1. The smallest absolute Gasteiger partial charge is 0.305 e. The van der Waals surface area contributed by atoms with Gasteiger partial charge in [-0.3, -0.25) is 9.59 Å². The molecule has 1 saturated heterocycles. The quantitative estimate of drug-likeness (QED) is 0.923. The van der Waals surface area contributed by atoms with Gasteiger partial charge < -0.3 is 14.7 Å². The maximum absolute atomic E-state index is 12.4. The van der Waals surface area contributed by atoms with Gasteiger partial charge in [-0.2, -0.15) is 0 Å². The maximum atomic E-state index is 12.4. The molecule has 1 aliphatic heterocycles. The van der Waals surface area contributed by atoms with E-state index in [4.69, 9.17) is 21.4 Å². The predicted octanol–water partition coefficient (Wildman–Crippen LogP) is 2.04. The average molecular weight is 298 g/mol. The summed E-state index contributed by atoms with van der Waals surface area (Å²) >= 11 is 5.80. The first kappa shape index (κ1) is 14.8. The number of amides is 1. The lowest BCUT2D eigenvalue weighted by molar-refractivity contribution is -0.137. The summed E-state index contributed by atoms with van der Waals surface area (Å²) in [7, 11) is 1.57. The Kier molecular flexibility index (Phi) is 4.62. The van der Waals surface area contributed by atoms with Gasteiger partial charge in [0.2, 0.25) is 0 Å². The molecule has 0 aromatic heterocycles. The Balaban J connectivity index is 2.17. The minimum atomic E-state index is -0.916. The second-order valence-electron chi connectivity index (χ2n) is 4.81. The summed E-state index contributed by atoms with van der Waals surface area (Å²) in [4.78, 5) is 24.9. The van der Waals surface area contributed by atoms with Crippen molar-refractivity contribution in [3.63, 3.8) is 0 Å². The van der Waals surface area contributed by atoms with E-state index in [0.717, 1.165) is 0 Å². The van der Waals surface area contributed by atoms with Gasteiger partial charge in [0.1, 0.15) is 0 Å². The highest BCUT2D eigenvalue weighted by atomic mass is 35.5. The van der Waals surface area contributed by atoms with Crippen LogP contribution < -0.4 is 0 Å². The molecule has 20 heavy (non-hydrogen) atoms. The number of halogens is 1. The Bertz CT molecular complexity index is 502. The molecule has 1 N–H and O–H groups in total. The number of hydrogen-bond donors (Lipinski definition) is 1. The largest absolute Gasteiger partial charge is 0.481 e. The summed E-state index contributed by atoms with van der Waals surface area (Å²) in [5, 5.41) is 9.50. The summed E-state index contributed by atoms with van der Waals surface area (Å²) in [6.07, 6.45) is 0.358. The van der Waals surface area contributed by atoms with Crippen molar-refractivity contribution in [2.75, 3.05) is 13.7 Å². The summed E-state index contributed by atoms with van der Waals surface area (Å²) in [5.74, 6) is -1.10. The van der Waals surface area contributed by atoms with Crippen molar-refractivity contribution in [2.45, 2.75) is 25.0 Å². The van der Waals surface area contributed by atoms with E-state index in [-0.39, 0.29) is 24.5 Å². The third-order valence-corrected chi connectivity index (χ3v) is 3.72. The summed E-state index contributed by atoms with van der Waals surface area (Å²) in [6.45, 7) is 0.413. The number of benzene rings is 1. The lowest BCUT2D eigenvalue weighted by atomic mass is 10.1. The fraction of sp³-hybridized carbons (Fsp3) is 0.429. The number of aliphatic carboxylic acids is 1. The van der Waals surface area contributed by atoms with Gasteiger partial charge in [0.25, 0.3) is 5.91 Å². The van der Waals surface area contributed by atoms with Gasteiger partial charge in [-0.05, 0) is 30.7 Å². The van der Waals surface area contributed by atoms with Crippen molar-refractivity contribution in [2.24, 2.45) is 0 Å². The number of ether oxygens (including phenoxy) is 1. The van der Waals surface area contributed by atoms with Crippen LogP contribution in [0.4, 0.5) is 0 Å². The van der Waals surface area contributed by atoms with Gasteiger partial charge in [-0.15, -0.1) is 0 Å². The van der Waals surface area contributed by atoms with Crippen LogP contribution in [0.5, 0.6) is 0 Å². The number of carboxylic acid groups (broad SMARTS) is 1. The molecule has 1 aromatic rings. The van der Waals surface area contributed by atoms with Crippen LogP contribution in [0.1, 0.15) is 23.2 Å². The Morgan fingerprint density at radius 1 is 1.40 bits per heavy atom. The zero-order valence-corrected chi connectivity index (χ0v) is 11.8. The standard InChI is InChI=1S/C14H16ClNO4/c1-20-12-6-11(7-13(17)18)16(8-12)14(19)9-2-4-10(15)5-3-9/h2-5,11-12H,6-8H2,1H3,(H,17,18). The van der Waals surface area contributed by atoms with Gasteiger partial charge in [0.05, 0.1) is 12.5 Å². The predicted molar refractivity (Wildman–Crippen MR) is 73.9 cm³/mol. The zero-order valence-electron chi connectivity index (χ0n) is 11.1. The second kappa shape index (κ2) is 6.24. The molecule has 2 unspecified atom stereocenters. The Hall–Kier alpha value is -1.59. The molecule has 1 aliphatic rings. The van der Waals surface area contributed by atoms with Crippen LogP contribution in [-0.4, -0.2) is 47.7 Å². The van der Waals surface area contributed by atoms with E-state index < -0.39 is 5.97 Å². The molecule has 1 amide bonds. The van der Waals surface area contributed by atoms with Gasteiger partial charge in [-0.1, -0.05) is 11.6 Å². The first-order valence-electron chi connectivity index (χ1n) is 6.32. The molecule has 0 bridgehead atoms. The van der Waals surface area contributed by atoms with Gasteiger partial charge in [0.15, 0.2) is 0 Å². The lowest BCUT2D eigenvalue weighted by Gasteiger charge is -2.23. The third kappa shape index (κ3) is 3.29. The number of likely N-dealkylation sites (tertiary alicyclic amines) is 1. The second-order valence-corrected chi connectivity index (χ2v) is 5.25. The van der Waals surface area contributed by atoms with Crippen LogP contribution in [-0.2, 0) is 9.53 Å². The Morgan fingerprint density at radius 3 is 2.60 bits per heavy atom. The summed E-state index contributed by atoms with van der Waals surface area (Å²) < 4.78 is 5.25. The molecule has 5 nitrogen and oxygen atoms in total. The molecule has 2 rings (SSSR count). The van der Waals surface area contributed by atoms with Crippen LogP contribution in [0, 0.1) is 0 Å². The Labute approximate surface area is 122 Å². The van der Waals surface area contributed by atoms with E-state index in [0.29, 0.717) is 23.6 Å². The molecule has 1 heterocycles. The minimum Gasteiger partial charge on any atom is -0.481 e. The van der Waals surface area contributed by atoms with Gasteiger partial charge >= 0.3 is 5.97 Å². The number of rotatable bonds is 4. The van der Waals surface area contributed by atoms with Crippen LogP contribution in [0.3, 0.4) is 0 Å². The molecule has 1 fully saturated rings. The monoisotopic (exact) mass is 297 g/mol. The first-order valence-corrected chi connectivity index (χ1v) is 6.70. The summed E-state index contributed by atoms with van der Waals surface area (Å²) in [6, 6.07) is 6.24. The number of carbonyl (C=O) groups excluding carboxylic acids is 1. The molecule has 0 spiro atoms. The average Bonchev–Trinajstić information content (AvgIpc) is 2.81. The van der Waals surface area contributed by atoms with E-state index in [2.05, 4.69) is 0 Å². The van der Waals surface area contributed by atoms with Crippen LogP contribution in [0.25, 0.3) is 0 Å². The van der Waals surface area contributed by atoms with Crippen molar-refractivity contribution < 1.29 is 19.4 Å². The Morgan fingerprint density at radius 2 is 2.05 bits per heavy atom. The SMILES string of the molecule is COC1CC(CC(=O)O)N(C(=O)c2ccc(Cl)cc2)C1. The van der Waals surface area contributed by atoms with Crippen molar-refractivity contribution in [3.05, 3.63) is 34.9 Å². The van der Waals surface area contributed by atoms with Crippen molar-refractivity contribution in [1.29, 1.82) is 0 Å². The first-order chi connectivity index (χ1) is 9.51. The molecule has 6 heteroatoms. The fourth-order valence-electron chi connectivity index (χ4n) is 2.45. The van der Waals surface area contributed by atoms with E-state index in [1.807, 2.05) is 0 Å². The highest BCUT2D eigenvalue weighted by Crippen LogP contribution is 2.25. The fourth-order valence-corrected chi connectivity index (χ4v) is 2.57. The maximum Gasteiger partial charge on any atom is 0.305 e. The molecular formula is C14H16ClNO4. The van der Waals surface area contributed by atoms with Crippen LogP contribution in [0.2, 0.25) is 5.02 Å². The zero-order chi connectivity index (χ0) is 14.7. The number of hydrogen-bond acceptors (Lipinski definition) is 3. The molecule has 2 atom stereocenters. The molecule has 0 radical (unpaired) electrons. The van der Waals surface area contributed by atoms with Gasteiger partial charge in [0, 0.05) is 30.3 Å². The van der Waals surface area contributed by atoms with Crippen LogP contribution >= 0.6 is 11.6 Å². The van der Waals surface area contributed by atoms with Crippen LogP contribution in [0.15, 0.2) is 24.3 Å². The van der Waals surface area contributed by atoms with E-state index >= 15 is 0 Å². The molecule has 0 aliphatic carbocycles. The molecular weight excluding hydrogens is 282 g/mol. The normalized spacial score (nSPS) is 22.0. The third-order valence-electron chi connectivity index (χ3n) is 3.47. The van der Waals surface area contributed by atoms with Crippen molar-refractivity contribution in [1.82, 2.24) is 4.90 Å². The number of nitrogens with zero attached hydrogens (tertiary/aromatic N) is 1.